The highest BCUT2D eigenvalue weighted by Crippen LogP contribution is 2.27. The van der Waals surface area contributed by atoms with Crippen LogP contribution in [0.15, 0.2) is 21.6 Å². The summed E-state index contributed by atoms with van der Waals surface area (Å²) < 4.78 is 57.5. The van der Waals surface area contributed by atoms with Gasteiger partial charge in [-0.05, 0) is 12.1 Å². The van der Waals surface area contributed by atoms with Crippen molar-refractivity contribution < 1.29 is 31.2 Å². The largest absolute Gasteiger partial charge is 0.438 e. The second-order valence-electron chi connectivity index (χ2n) is 6.21. The van der Waals surface area contributed by atoms with Gasteiger partial charge >= 0.3 is 0 Å². The number of amides is 2. The molecule has 0 saturated carbocycles. The number of halogens is 2. The van der Waals surface area contributed by atoms with Crippen molar-refractivity contribution in [3.8, 4) is 0 Å². The van der Waals surface area contributed by atoms with E-state index in [2.05, 4.69) is 5.32 Å². The van der Waals surface area contributed by atoms with Crippen molar-refractivity contribution in [2.45, 2.75) is 23.5 Å². The summed E-state index contributed by atoms with van der Waals surface area (Å²) in [5.41, 5.74) is 5.03. The van der Waals surface area contributed by atoms with Crippen molar-refractivity contribution in [1.29, 1.82) is 0 Å². The van der Waals surface area contributed by atoms with Crippen LogP contribution in [0.4, 0.5) is 8.78 Å². The summed E-state index contributed by atoms with van der Waals surface area (Å²) in [5.74, 6) is -4.54. The van der Waals surface area contributed by atoms with Gasteiger partial charge in [-0.1, -0.05) is 0 Å². The number of hydrogen-bond acceptors (Lipinski definition) is 6. The lowest BCUT2D eigenvalue weighted by Crippen LogP contribution is -2.54. The number of sulfonamides is 1. The number of alkyl halides is 2. The van der Waals surface area contributed by atoms with Crippen LogP contribution in [-0.2, 0) is 14.8 Å². The van der Waals surface area contributed by atoms with Gasteiger partial charge in [0.25, 0.3) is 21.9 Å². The fourth-order valence-corrected chi connectivity index (χ4v) is 4.31. The minimum absolute atomic E-state index is 0.0101. The molecule has 3 rings (SSSR count). The third-order valence-electron chi connectivity index (χ3n) is 4.38. The van der Waals surface area contributed by atoms with E-state index in [4.69, 9.17) is 10.2 Å². The van der Waals surface area contributed by atoms with Crippen LogP contribution >= 0.6 is 0 Å². The standard InChI is InChI=1S/C14H18F2N4O5S/c15-14(16)7-9(18-8-14)13(22)19-3-5-20(6-4-19)26(23,24)11-2-1-10(25-11)12(17)21/h1-2,9,18H,3-8H2,(H2,17,21). The maximum Gasteiger partial charge on any atom is 0.284 e. The molecule has 2 fully saturated rings. The van der Waals surface area contributed by atoms with Crippen molar-refractivity contribution in [1.82, 2.24) is 14.5 Å². The lowest BCUT2D eigenvalue weighted by atomic mass is 10.1. The number of primary amides is 1. The zero-order chi connectivity index (χ0) is 19.1. The van der Waals surface area contributed by atoms with Crippen molar-refractivity contribution in [2.24, 2.45) is 5.73 Å². The topological polar surface area (TPSA) is 126 Å². The molecule has 1 unspecified atom stereocenters. The second kappa shape index (κ2) is 6.59. The third kappa shape index (κ3) is 3.57. The Morgan fingerprint density at radius 2 is 1.88 bits per heavy atom. The van der Waals surface area contributed by atoms with Crippen LogP contribution in [-0.4, -0.2) is 74.1 Å². The molecule has 0 bridgehead atoms. The first kappa shape index (κ1) is 18.7. The number of nitrogens with two attached hydrogens (primary N) is 1. The second-order valence-corrected chi connectivity index (χ2v) is 8.07. The minimum atomic E-state index is -3.98. The highest BCUT2D eigenvalue weighted by Gasteiger charge is 2.44. The first-order valence-corrected chi connectivity index (χ1v) is 9.34. The Balaban J connectivity index is 1.62. The molecule has 9 nitrogen and oxygen atoms in total. The van der Waals surface area contributed by atoms with Gasteiger partial charge < -0.3 is 15.1 Å². The summed E-state index contributed by atoms with van der Waals surface area (Å²) in [5, 5.41) is 2.08. The number of nitrogens with one attached hydrogen (secondary N) is 1. The van der Waals surface area contributed by atoms with E-state index in [1.807, 2.05) is 0 Å². The molecule has 0 radical (unpaired) electrons. The summed E-state index contributed by atoms with van der Waals surface area (Å²) in [6.07, 6.45) is -0.563. The molecule has 2 aliphatic heterocycles. The summed E-state index contributed by atoms with van der Waals surface area (Å²) in [6.45, 7) is -0.414. The number of carbonyl (C=O) groups excluding carboxylic acids is 2. The smallest absolute Gasteiger partial charge is 0.284 e. The van der Waals surface area contributed by atoms with Gasteiger partial charge in [-0.2, -0.15) is 4.31 Å². The number of nitrogens with zero attached hydrogens (tertiary/aromatic N) is 2. The fourth-order valence-electron chi connectivity index (χ4n) is 2.98. The molecule has 3 N–H and O–H groups in total. The maximum absolute atomic E-state index is 13.2. The van der Waals surface area contributed by atoms with Crippen LogP contribution in [0.2, 0.25) is 0 Å². The predicted molar refractivity (Wildman–Crippen MR) is 83.9 cm³/mol. The van der Waals surface area contributed by atoms with Gasteiger partial charge in [0.1, 0.15) is 0 Å². The average molecular weight is 392 g/mol. The van der Waals surface area contributed by atoms with Crippen LogP contribution in [0.25, 0.3) is 0 Å². The van der Waals surface area contributed by atoms with Crippen LogP contribution in [0.3, 0.4) is 0 Å². The number of piperazine rings is 1. The van der Waals surface area contributed by atoms with E-state index < -0.39 is 51.9 Å². The SMILES string of the molecule is NC(=O)c1ccc(S(=O)(=O)N2CCN(C(=O)C3CC(F)(F)CN3)CC2)o1. The number of rotatable bonds is 4. The summed E-state index contributed by atoms with van der Waals surface area (Å²) in [7, 11) is -3.98. The molecule has 0 aliphatic carbocycles. The fraction of sp³-hybridized carbons (Fsp3) is 0.571. The van der Waals surface area contributed by atoms with E-state index in [0.29, 0.717) is 0 Å². The quantitative estimate of drug-likeness (QED) is 0.692. The van der Waals surface area contributed by atoms with E-state index in [1.54, 1.807) is 0 Å². The Morgan fingerprint density at radius 3 is 2.38 bits per heavy atom. The summed E-state index contributed by atoms with van der Waals surface area (Å²) in [4.78, 5) is 24.7. The van der Waals surface area contributed by atoms with Crippen LogP contribution in [0.5, 0.6) is 0 Å². The Labute approximate surface area is 148 Å². The van der Waals surface area contributed by atoms with Crippen LogP contribution in [0.1, 0.15) is 17.0 Å². The van der Waals surface area contributed by atoms with Crippen molar-refractivity contribution >= 4 is 21.8 Å². The summed E-state index contributed by atoms with van der Waals surface area (Å²) in [6, 6.07) is 1.34. The molecule has 2 aliphatic rings. The molecule has 1 aromatic heterocycles. The molecule has 1 atom stereocenters. The molecule has 26 heavy (non-hydrogen) atoms. The molecular formula is C14H18F2N4O5S. The minimum Gasteiger partial charge on any atom is -0.438 e. The Bertz CT molecular complexity index is 817. The molecule has 144 valence electrons. The molecular weight excluding hydrogens is 374 g/mol. The van der Waals surface area contributed by atoms with Gasteiger partial charge in [-0.3, -0.25) is 14.9 Å². The molecule has 1 aromatic rings. The molecule has 3 heterocycles. The predicted octanol–water partition coefficient (Wildman–Crippen LogP) is -0.791. The highest BCUT2D eigenvalue weighted by atomic mass is 32.2. The lowest BCUT2D eigenvalue weighted by Gasteiger charge is -2.34. The number of furan rings is 1. The van der Waals surface area contributed by atoms with Gasteiger partial charge in [0, 0.05) is 32.6 Å². The molecule has 0 aromatic carbocycles. The van der Waals surface area contributed by atoms with E-state index in [-0.39, 0.29) is 31.9 Å². The van der Waals surface area contributed by atoms with Gasteiger partial charge in [-0.15, -0.1) is 0 Å². The van der Waals surface area contributed by atoms with Crippen molar-refractivity contribution in [3.05, 3.63) is 17.9 Å². The third-order valence-corrected chi connectivity index (χ3v) is 6.15. The first-order valence-electron chi connectivity index (χ1n) is 7.90. The van der Waals surface area contributed by atoms with Gasteiger partial charge in [0.05, 0.1) is 12.6 Å². The average Bonchev–Trinajstić information content (AvgIpc) is 3.21. The number of carbonyl (C=O) groups is 2. The summed E-state index contributed by atoms with van der Waals surface area (Å²) >= 11 is 0. The van der Waals surface area contributed by atoms with Gasteiger partial charge in [0.2, 0.25) is 11.0 Å². The zero-order valence-electron chi connectivity index (χ0n) is 13.7. The van der Waals surface area contributed by atoms with Crippen molar-refractivity contribution in [3.63, 3.8) is 0 Å². The van der Waals surface area contributed by atoms with Crippen LogP contribution in [0, 0.1) is 0 Å². The Morgan fingerprint density at radius 1 is 1.23 bits per heavy atom. The molecule has 12 heteroatoms. The highest BCUT2D eigenvalue weighted by molar-refractivity contribution is 7.89. The number of hydrogen-bond donors (Lipinski definition) is 2. The zero-order valence-corrected chi connectivity index (χ0v) is 14.5. The molecule has 0 spiro atoms. The molecule has 2 saturated heterocycles. The monoisotopic (exact) mass is 392 g/mol. The Hall–Kier alpha value is -2.05. The van der Waals surface area contributed by atoms with Gasteiger partial charge in [0.15, 0.2) is 5.76 Å². The molecule has 2 amide bonds. The van der Waals surface area contributed by atoms with Crippen LogP contribution < -0.4 is 11.1 Å². The van der Waals surface area contributed by atoms with E-state index in [1.165, 1.54) is 11.0 Å². The first-order chi connectivity index (χ1) is 12.1. The maximum atomic E-state index is 13.2. The normalized spacial score (nSPS) is 23.9. The van der Waals surface area contributed by atoms with Gasteiger partial charge in [-0.25, -0.2) is 17.2 Å². The van der Waals surface area contributed by atoms with Crippen molar-refractivity contribution in [2.75, 3.05) is 32.7 Å². The van der Waals surface area contributed by atoms with E-state index in [0.717, 1.165) is 10.4 Å². The van der Waals surface area contributed by atoms with E-state index >= 15 is 0 Å². The Kier molecular flexibility index (Phi) is 4.75. The lowest BCUT2D eigenvalue weighted by molar-refractivity contribution is -0.134. The van der Waals surface area contributed by atoms with E-state index in [9.17, 15) is 26.8 Å².